The van der Waals surface area contributed by atoms with Gasteiger partial charge in [-0.3, -0.25) is 9.79 Å². The summed E-state index contributed by atoms with van der Waals surface area (Å²) in [7, 11) is 0. The van der Waals surface area contributed by atoms with Crippen LogP contribution in [-0.4, -0.2) is 47.4 Å². The minimum absolute atomic E-state index is 0.0181. The van der Waals surface area contributed by atoms with Crippen molar-refractivity contribution in [3.05, 3.63) is 64.7 Å². The summed E-state index contributed by atoms with van der Waals surface area (Å²) in [6.07, 6.45) is 2.38. The molecule has 0 saturated carbocycles. The minimum atomic E-state index is -0.794. The Bertz CT molecular complexity index is 1010. The van der Waals surface area contributed by atoms with Gasteiger partial charge in [-0.05, 0) is 60.4 Å². The van der Waals surface area contributed by atoms with Crippen molar-refractivity contribution in [3.63, 3.8) is 0 Å². The Balaban J connectivity index is 1.49. The van der Waals surface area contributed by atoms with E-state index in [1.54, 1.807) is 29.2 Å². The first-order valence-corrected chi connectivity index (χ1v) is 11.0. The molecule has 31 heavy (non-hydrogen) atoms. The van der Waals surface area contributed by atoms with Crippen molar-refractivity contribution in [3.8, 4) is 0 Å². The molecule has 0 unspecified atom stereocenters. The topological polar surface area (TPSA) is 82.0 Å². The van der Waals surface area contributed by atoms with E-state index >= 15 is 0 Å². The van der Waals surface area contributed by atoms with Crippen LogP contribution in [0, 0.1) is 11.8 Å². The molecule has 0 aliphatic carbocycles. The lowest BCUT2D eigenvalue weighted by atomic mass is 9.78. The molecule has 2 aliphatic rings. The molecule has 2 aliphatic heterocycles. The van der Waals surface area contributed by atoms with Gasteiger partial charge in [0, 0.05) is 42.5 Å². The van der Waals surface area contributed by atoms with Crippen LogP contribution < -0.4 is 5.32 Å². The van der Waals surface area contributed by atoms with E-state index in [9.17, 15) is 14.7 Å². The average molecular weight is 440 g/mol. The van der Waals surface area contributed by atoms with Gasteiger partial charge in [0.25, 0.3) is 0 Å². The number of amides is 2. The number of hydrogen-bond donors (Lipinski definition) is 2. The average Bonchev–Trinajstić information content (AvgIpc) is 2.75. The smallest absolute Gasteiger partial charge is 0.321 e. The van der Waals surface area contributed by atoms with Gasteiger partial charge >= 0.3 is 12.0 Å². The number of fused-ring (bicyclic) bond motifs is 1. The molecule has 162 valence electrons. The number of anilines is 1. The maximum Gasteiger partial charge on any atom is 0.321 e. The second-order valence-electron chi connectivity index (χ2n) is 8.23. The zero-order chi connectivity index (χ0) is 21.8. The van der Waals surface area contributed by atoms with Gasteiger partial charge in [-0.2, -0.15) is 0 Å². The molecule has 0 radical (unpaired) electrons. The van der Waals surface area contributed by atoms with Gasteiger partial charge < -0.3 is 15.3 Å². The van der Waals surface area contributed by atoms with E-state index in [1.807, 2.05) is 12.1 Å². The second-order valence-corrected chi connectivity index (χ2v) is 8.67. The SMILES string of the molecule is O=C(O)C[C@@H]1CCN(C(=O)Nc2cccc(Cl)c2)C[C@@H]1CC1=NCCc2ccccc21. The van der Waals surface area contributed by atoms with Crippen molar-refractivity contribution >= 4 is 35.0 Å². The lowest BCUT2D eigenvalue weighted by Gasteiger charge is -2.38. The highest BCUT2D eigenvalue weighted by Gasteiger charge is 2.34. The fourth-order valence-electron chi connectivity index (χ4n) is 4.60. The van der Waals surface area contributed by atoms with Crippen LogP contribution >= 0.6 is 11.6 Å². The fourth-order valence-corrected chi connectivity index (χ4v) is 4.79. The van der Waals surface area contributed by atoms with Crippen molar-refractivity contribution in [1.29, 1.82) is 0 Å². The maximum absolute atomic E-state index is 12.9. The first-order chi connectivity index (χ1) is 15.0. The molecule has 6 nitrogen and oxygen atoms in total. The third kappa shape index (κ3) is 5.25. The lowest BCUT2D eigenvalue weighted by Crippen LogP contribution is -2.46. The number of urea groups is 1. The quantitative estimate of drug-likeness (QED) is 0.707. The van der Waals surface area contributed by atoms with Crippen molar-refractivity contribution in [2.24, 2.45) is 16.8 Å². The molecule has 0 bridgehead atoms. The molecule has 1 saturated heterocycles. The number of carboxylic acid groups (broad SMARTS) is 1. The number of rotatable bonds is 5. The predicted octanol–water partition coefficient (Wildman–Crippen LogP) is 4.72. The summed E-state index contributed by atoms with van der Waals surface area (Å²) < 4.78 is 0. The van der Waals surface area contributed by atoms with Crippen LogP contribution in [-0.2, 0) is 11.2 Å². The van der Waals surface area contributed by atoms with Gasteiger partial charge in [-0.25, -0.2) is 4.79 Å². The van der Waals surface area contributed by atoms with E-state index in [2.05, 4.69) is 17.4 Å². The molecule has 0 spiro atoms. The molecule has 2 aromatic rings. The third-order valence-corrected chi connectivity index (χ3v) is 6.39. The largest absolute Gasteiger partial charge is 0.481 e. The van der Waals surface area contributed by atoms with E-state index in [0.717, 1.165) is 24.2 Å². The summed E-state index contributed by atoms with van der Waals surface area (Å²) in [6.45, 7) is 1.79. The van der Waals surface area contributed by atoms with Gasteiger partial charge in [0.15, 0.2) is 0 Å². The van der Waals surface area contributed by atoms with Crippen molar-refractivity contribution < 1.29 is 14.7 Å². The molecule has 2 aromatic carbocycles. The van der Waals surface area contributed by atoms with Crippen molar-refractivity contribution in [2.45, 2.75) is 25.7 Å². The number of piperidine rings is 1. The second kappa shape index (κ2) is 9.52. The monoisotopic (exact) mass is 439 g/mol. The number of carbonyl (C=O) groups excluding carboxylic acids is 1. The van der Waals surface area contributed by atoms with Gasteiger partial charge in [-0.1, -0.05) is 41.9 Å². The molecular formula is C24H26ClN3O3. The number of carboxylic acids is 1. The summed E-state index contributed by atoms with van der Waals surface area (Å²) in [4.78, 5) is 30.9. The number of benzene rings is 2. The standard InChI is InChI=1S/C24H26ClN3O3/c25-19-5-3-6-20(14-19)27-24(31)28-11-9-17(13-23(29)30)18(15-28)12-22-21-7-2-1-4-16(21)8-10-26-22/h1-7,14,17-18H,8-13,15H2,(H,27,31)(H,29,30)/t17-,18-/m0/s1. The molecule has 2 N–H and O–H groups in total. The first-order valence-electron chi connectivity index (χ1n) is 10.6. The zero-order valence-corrected chi connectivity index (χ0v) is 18.0. The highest BCUT2D eigenvalue weighted by molar-refractivity contribution is 6.30. The highest BCUT2D eigenvalue weighted by atomic mass is 35.5. The number of aliphatic imine (C=N–C) groups is 1. The highest BCUT2D eigenvalue weighted by Crippen LogP contribution is 2.32. The van der Waals surface area contributed by atoms with Gasteiger partial charge in [-0.15, -0.1) is 0 Å². The minimum Gasteiger partial charge on any atom is -0.481 e. The Morgan fingerprint density at radius 3 is 2.81 bits per heavy atom. The van der Waals surface area contributed by atoms with E-state index in [-0.39, 0.29) is 24.3 Å². The van der Waals surface area contributed by atoms with Gasteiger partial charge in [0.05, 0.1) is 0 Å². The molecule has 2 amide bonds. The zero-order valence-electron chi connectivity index (χ0n) is 17.3. The summed E-state index contributed by atoms with van der Waals surface area (Å²) in [6, 6.07) is 15.1. The number of halogens is 1. The molecule has 0 aromatic heterocycles. The normalized spacial score (nSPS) is 20.5. The molecule has 7 heteroatoms. The van der Waals surface area contributed by atoms with Gasteiger partial charge in [0.1, 0.15) is 0 Å². The van der Waals surface area contributed by atoms with Gasteiger partial charge in [0.2, 0.25) is 0 Å². The summed E-state index contributed by atoms with van der Waals surface area (Å²) in [5, 5.41) is 12.9. The van der Waals surface area contributed by atoms with E-state index in [4.69, 9.17) is 16.6 Å². The number of hydrogen-bond acceptors (Lipinski definition) is 3. The molecule has 2 atom stereocenters. The summed E-state index contributed by atoms with van der Waals surface area (Å²) >= 11 is 6.02. The van der Waals surface area contributed by atoms with Crippen LogP contribution in [0.3, 0.4) is 0 Å². The Morgan fingerprint density at radius 1 is 1.16 bits per heavy atom. The maximum atomic E-state index is 12.9. The Morgan fingerprint density at radius 2 is 2.00 bits per heavy atom. The number of carbonyl (C=O) groups is 2. The Hall–Kier alpha value is -2.86. The van der Waals surface area contributed by atoms with Crippen LogP contribution in [0.25, 0.3) is 0 Å². The van der Waals surface area contributed by atoms with E-state index < -0.39 is 5.97 Å². The predicted molar refractivity (Wildman–Crippen MR) is 122 cm³/mol. The van der Waals surface area contributed by atoms with Crippen molar-refractivity contribution in [1.82, 2.24) is 4.90 Å². The molecule has 4 rings (SSSR count). The van der Waals surface area contributed by atoms with E-state index in [1.165, 1.54) is 5.56 Å². The molecule has 1 fully saturated rings. The number of nitrogens with zero attached hydrogens (tertiary/aromatic N) is 2. The molecule has 2 heterocycles. The van der Waals surface area contributed by atoms with E-state index in [0.29, 0.717) is 36.6 Å². The Kier molecular flexibility index (Phi) is 6.56. The van der Waals surface area contributed by atoms with Crippen LogP contribution in [0.2, 0.25) is 5.02 Å². The van der Waals surface area contributed by atoms with Crippen LogP contribution in [0.4, 0.5) is 10.5 Å². The number of likely N-dealkylation sites (tertiary alicyclic amines) is 1. The summed E-state index contributed by atoms with van der Waals surface area (Å²) in [5.74, 6) is -0.734. The van der Waals surface area contributed by atoms with Crippen molar-refractivity contribution in [2.75, 3.05) is 25.0 Å². The van der Waals surface area contributed by atoms with Crippen LogP contribution in [0.15, 0.2) is 53.5 Å². The fraction of sp³-hybridized carbons (Fsp3) is 0.375. The van der Waals surface area contributed by atoms with Crippen LogP contribution in [0.1, 0.15) is 30.4 Å². The number of nitrogens with one attached hydrogen (secondary N) is 1. The number of aliphatic carboxylic acids is 1. The van der Waals surface area contributed by atoms with Crippen LogP contribution in [0.5, 0.6) is 0 Å². The molecular weight excluding hydrogens is 414 g/mol. The first kappa shape index (κ1) is 21.4. The Labute approximate surface area is 186 Å². The summed E-state index contributed by atoms with van der Waals surface area (Å²) in [5.41, 5.74) is 4.11. The third-order valence-electron chi connectivity index (χ3n) is 6.16. The lowest BCUT2D eigenvalue weighted by molar-refractivity contribution is -0.138.